The Labute approximate surface area is 155 Å². The molecule has 1 aliphatic rings. The molecule has 1 heterocycles. The van der Waals surface area contributed by atoms with Crippen LogP contribution in [0.25, 0.3) is 0 Å². The number of Topliss-reactive ketones (excluding diaryl/α,β-unsaturated/α-hetero) is 1. The van der Waals surface area contributed by atoms with E-state index < -0.39 is 11.8 Å². The normalized spacial score (nSPS) is 12.4. The van der Waals surface area contributed by atoms with E-state index in [1.54, 1.807) is 6.07 Å². The van der Waals surface area contributed by atoms with Gasteiger partial charge in [-0.25, -0.2) is 9.18 Å². The first-order valence-corrected chi connectivity index (χ1v) is 8.52. The minimum absolute atomic E-state index is 0.0858. The Morgan fingerprint density at radius 2 is 1.81 bits per heavy atom. The van der Waals surface area contributed by atoms with Crippen LogP contribution in [0, 0.1) is 5.82 Å². The van der Waals surface area contributed by atoms with Crippen molar-refractivity contribution in [3.8, 4) is 17.2 Å². The first-order chi connectivity index (χ1) is 13.1. The molecule has 0 N–H and O–H groups in total. The molecule has 0 saturated heterocycles. The molecule has 142 valence electrons. The van der Waals surface area contributed by atoms with Gasteiger partial charge in [0.2, 0.25) is 5.75 Å². The second kappa shape index (κ2) is 8.53. The number of halogens is 1. The molecule has 3 rings (SSSR count). The maximum absolute atomic E-state index is 12.9. The van der Waals surface area contributed by atoms with Crippen molar-refractivity contribution in [2.75, 3.05) is 26.9 Å². The highest BCUT2D eigenvalue weighted by Crippen LogP contribution is 2.40. The third-order valence-corrected chi connectivity index (χ3v) is 4.01. The quantitative estimate of drug-likeness (QED) is 0.420. The van der Waals surface area contributed by atoms with Crippen molar-refractivity contribution in [3.05, 3.63) is 53.3 Å². The Hall–Kier alpha value is -3.09. The van der Waals surface area contributed by atoms with E-state index in [-0.39, 0.29) is 24.4 Å². The lowest BCUT2D eigenvalue weighted by Crippen LogP contribution is -2.17. The fraction of sp³-hybridized carbons (Fsp3) is 0.300. The predicted octanol–water partition coefficient (Wildman–Crippen LogP) is 3.43. The molecule has 0 aromatic heterocycles. The molecule has 0 saturated carbocycles. The summed E-state index contributed by atoms with van der Waals surface area (Å²) >= 11 is 0. The van der Waals surface area contributed by atoms with Crippen LogP contribution in [-0.2, 0) is 4.74 Å². The van der Waals surface area contributed by atoms with Gasteiger partial charge < -0.3 is 18.9 Å². The molecular weight excluding hydrogens is 355 g/mol. The van der Waals surface area contributed by atoms with Crippen LogP contribution in [0.15, 0.2) is 36.4 Å². The van der Waals surface area contributed by atoms with Crippen molar-refractivity contribution in [1.82, 2.24) is 0 Å². The Bertz CT molecular complexity index is 814. The molecule has 0 atom stereocenters. The molecule has 1 aliphatic heterocycles. The van der Waals surface area contributed by atoms with Crippen LogP contribution in [0.5, 0.6) is 17.2 Å². The van der Waals surface area contributed by atoms with Gasteiger partial charge in [-0.3, -0.25) is 4.79 Å². The van der Waals surface area contributed by atoms with E-state index in [1.165, 1.54) is 37.4 Å². The Kier molecular flexibility index (Phi) is 5.90. The van der Waals surface area contributed by atoms with E-state index in [2.05, 4.69) is 0 Å². The molecule has 0 unspecified atom stereocenters. The Morgan fingerprint density at radius 1 is 1.07 bits per heavy atom. The molecule has 0 aliphatic carbocycles. The number of carbonyl (C=O) groups excluding carboxylic acids is 2. The van der Waals surface area contributed by atoms with E-state index in [4.69, 9.17) is 18.9 Å². The number of ketones is 1. The van der Waals surface area contributed by atoms with Crippen molar-refractivity contribution in [2.24, 2.45) is 0 Å². The fourth-order valence-electron chi connectivity index (χ4n) is 2.65. The molecular formula is C20H19FO6. The zero-order valence-corrected chi connectivity index (χ0v) is 14.8. The fourth-order valence-corrected chi connectivity index (χ4v) is 2.65. The number of ether oxygens (including phenoxy) is 4. The third kappa shape index (κ3) is 4.55. The number of methoxy groups -OCH3 is 1. The van der Waals surface area contributed by atoms with Crippen molar-refractivity contribution < 1.29 is 32.9 Å². The molecule has 0 radical (unpaired) electrons. The number of esters is 1. The summed E-state index contributed by atoms with van der Waals surface area (Å²) in [5, 5.41) is 0. The first kappa shape index (κ1) is 18.7. The van der Waals surface area contributed by atoms with Gasteiger partial charge in [0.1, 0.15) is 19.0 Å². The molecule has 0 fully saturated rings. The molecule has 7 heteroatoms. The molecule has 27 heavy (non-hydrogen) atoms. The van der Waals surface area contributed by atoms with E-state index >= 15 is 0 Å². The van der Waals surface area contributed by atoms with Crippen LogP contribution < -0.4 is 14.2 Å². The second-order valence-corrected chi connectivity index (χ2v) is 5.87. The summed E-state index contributed by atoms with van der Waals surface area (Å²) in [6.45, 7) is 0.887. The monoisotopic (exact) mass is 374 g/mol. The largest absolute Gasteiger partial charge is 0.493 e. The molecule has 0 spiro atoms. The first-order valence-electron chi connectivity index (χ1n) is 8.52. The standard InChI is InChI=1S/C20H19FO6/c1-24-17-11-14(12-18-19(17)26-10-9-25-18)20(23)27-8-2-3-16(22)13-4-6-15(21)7-5-13/h4-7,11-12H,2-3,8-10H2,1H3. The van der Waals surface area contributed by atoms with Crippen molar-refractivity contribution >= 4 is 11.8 Å². The van der Waals surface area contributed by atoms with E-state index in [0.29, 0.717) is 42.4 Å². The Balaban J connectivity index is 1.53. The van der Waals surface area contributed by atoms with Gasteiger partial charge in [0.25, 0.3) is 0 Å². The summed E-state index contributed by atoms with van der Waals surface area (Å²) < 4.78 is 34.3. The summed E-state index contributed by atoms with van der Waals surface area (Å²) in [7, 11) is 1.48. The van der Waals surface area contributed by atoms with Gasteiger partial charge in [-0.05, 0) is 42.8 Å². The van der Waals surface area contributed by atoms with Crippen LogP contribution in [0.1, 0.15) is 33.6 Å². The van der Waals surface area contributed by atoms with Crippen LogP contribution >= 0.6 is 0 Å². The average Bonchev–Trinajstić information content (AvgIpc) is 2.70. The number of benzene rings is 2. The number of rotatable bonds is 7. The molecule has 6 nitrogen and oxygen atoms in total. The van der Waals surface area contributed by atoms with Gasteiger partial charge in [-0.1, -0.05) is 0 Å². The highest BCUT2D eigenvalue weighted by Gasteiger charge is 2.21. The number of hydrogen-bond donors (Lipinski definition) is 0. The maximum Gasteiger partial charge on any atom is 0.338 e. The van der Waals surface area contributed by atoms with Crippen molar-refractivity contribution in [1.29, 1.82) is 0 Å². The molecule has 0 amide bonds. The molecule has 2 aromatic carbocycles. The van der Waals surface area contributed by atoms with Gasteiger partial charge in [0.05, 0.1) is 19.3 Å². The Morgan fingerprint density at radius 3 is 2.56 bits per heavy atom. The predicted molar refractivity (Wildman–Crippen MR) is 94.2 cm³/mol. The minimum Gasteiger partial charge on any atom is -0.493 e. The third-order valence-electron chi connectivity index (χ3n) is 4.01. The van der Waals surface area contributed by atoms with E-state index in [1.807, 2.05) is 0 Å². The average molecular weight is 374 g/mol. The van der Waals surface area contributed by atoms with Gasteiger partial charge in [0.15, 0.2) is 17.3 Å². The zero-order valence-electron chi connectivity index (χ0n) is 14.8. The SMILES string of the molecule is COc1cc(C(=O)OCCCC(=O)c2ccc(F)cc2)cc2c1OCCO2. The molecule has 2 aromatic rings. The summed E-state index contributed by atoms with van der Waals surface area (Å²) in [6.07, 6.45) is 0.563. The van der Waals surface area contributed by atoms with E-state index in [0.717, 1.165) is 0 Å². The van der Waals surface area contributed by atoms with Gasteiger partial charge >= 0.3 is 5.97 Å². The summed E-state index contributed by atoms with van der Waals surface area (Å²) in [4.78, 5) is 24.3. The number of hydrogen-bond acceptors (Lipinski definition) is 6. The van der Waals surface area contributed by atoms with Crippen LogP contribution in [0.2, 0.25) is 0 Å². The van der Waals surface area contributed by atoms with Crippen LogP contribution in [0.3, 0.4) is 0 Å². The smallest absolute Gasteiger partial charge is 0.338 e. The minimum atomic E-state index is -0.542. The lowest BCUT2D eigenvalue weighted by Gasteiger charge is -2.21. The number of carbonyl (C=O) groups is 2. The maximum atomic E-state index is 12.9. The summed E-state index contributed by atoms with van der Waals surface area (Å²) in [5.41, 5.74) is 0.709. The van der Waals surface area contributed by atoms with Crippen molar-refractivity contribution in [3.63, 3.8) is 0 Å². The van der Waals surface area contributed by atoms with Crippen LogP contribution in [0.4, 0.5) is 4.39 Å². The molecule has 0 bridgehead atoms. The highest BCUT2D eigenvalue weighted by atomic mass is 19.1. The van der Waals surface area contributed by atoms with Gasteiger partial charge in [-0.15, -0.1) is 0 Å². The van der Waals surface area contributed by atoms with Gasteiger partial charge in [0, 0.05) is 12.0 Å². The topological polar surface area (TPSA) is 71.1 Å². The lowest BCUT2D eigenvalue weighted by molar-refractivity contribution is 0.0492. The lowest BCUT2D eigenvalue weighted by atomic mass is 10.1. The summed E-state index contributed by atoms with van der Waals surface area (Å²) in [6, 6.07) is 8.42. The van der Waals surface area contributed by atoms with Gasteiger partial charge in [-0.2, -0.15) is 0 Å². The number of fused-ring (bicyclic) bond motifs is 1. The van der Waals surface area contributed by atoms with E-state index in [9.17, 15) is 14.0 Å². The zero-order chi connectivity index (χ0) is 19.2. The van der Waals surface area contributed by atoms with Crippen LogP contribution in [-0.4, -0.2) is 38.7 Å². The second-order valence-electron chi connectivity index (χ2n) is 5.87. The van der Waals surface area contributed by atoms with Crippen molar-refractivity contribution in [2.45, 2.75) is 12.8 Å². The summed E-state index contributed by atoms with van der Waals surface area (Å²) in [5.74, 6) is 0.219. The highest BCUT2D eigenvalue weighted by molar-refractivity contribution is 5.96.